The molecule has 1 aromatic carbocycles. The monoisotopic (exact) mass is 232 g/mol. The number of benzene rings is 1. The van der Waals surface area contributed by atoms with E-state index in [0.717, 1.165) is 24.9 Å². The summed E-state index contributed by atoms with van der Waals surface area (Å²) in [5, 5.41) is 3.48. The van der Waals surface area contributed by atoms with Crippen molar-refractivity contribution < 1.29 is 0 Å². The standard InChI is InChI=1S/C15H24N2/c1-11-5-6-15(12(2)7-11)17(4)10-14-9-16-8-13(14)3/h5-7,13-14,16H,8-10H2,1-4H3. The lowest BCUT2D eigenvalue weighted by molar-refractivity contribution is 0.455. The van der Waals surface area contributed by atoms with E-state index < -0.39 is 0 Å². The summed E-state index contributed by atoms with van der Waals surface area (Å²) in [7, 11) is 2.21. The number of hydrogen-bond acceptors (Lipinski definition) is 2. The lowest BCUT2D eigenvalue weighted by Crippen LogP contribution is -2.29. The molecule has 0 bridgehead atoms. The van der Waals surface area contributed by atoms with Gasteiger partial charge in [-0.15, -0.1) is 0 Å². The Hall–Kier alpha value is -1.02. The molecule has 1 aliphatic rings. The molecule has 0 saturated carbocycles. The first-order valence-electron chi connectivity index (χ1n) is 6.57. The van der Waals surface area contributed by atoms with Crippen LogP contribution in [0.3, 0.4) is 0 Å². The molecule has 0 amide bonds. The third-order valence-electron chi connectivity index (χ3n) is 3.95. The quantitative estimate of drug-likeness (QED) is 0.862. The van der Waals surface area contributed by atoms with Crippen LogP contribution in [-0.2, 0) is 0 Å². The summed E-state index contributed by atoms with van der Waals surface area (Å²) in [5.74, 6) is 1.57. The molecular weight excluding hydrogens is 208 g/mol. The van der Waals surface area contributed by atoms with Crippen molar-refractivity contribution in [2.75, 3.05) is 31.6 Å². The summed E-state index contributed by atoms with van der Waals surface area (Å²) < 4.78 is 0. The summed E-state index contributed by atoms with van der Waals surface area (Å²) in [5.41, 5.74) is 4.09. The fraction of sp³-hybridized carbons (Fsp3) is 0.600. The number of nitrogens with zero attached hydrogens (tertiary/aromatic N) is 1. The SMILES string of the molecule is Cc1ccc(N(C)CC2CNCC2C)c(C)c1. The zero-order valence-corrected chi connectivity index (χ0v) is 11.5. The van der Waals surface area contributed by atoms with Gasteiger partial charge in [-0.25, -0.2) is 0 Å². The molecule has 1 aliphatic heterocycles. The van der Waals surface area contributed by atoms with Gasteiger partial charge in [-0.05, 0) is 50.4 Å². The van der Waals surface area contributed by atoms with Crippen LogP contribution in [-0.4, -0.2) is 26.7 Å². The highest BCUT2D eigenvalue weighted by Gasteiger charge is 2.24. The molecule has 1 saturated heterocycles. The highest BCUT2D eigenvalue weighted by molar-refractivity contribution is 5.53. The van der Waals surface area contributed by atoms with E-state index >= 15 is 0 Å². The first kappa shape index (κ1) is 12.4. The second-order valence-electron chi connectivity index (χ2n) is 5.57. The van der Waals surface area contributed by atoms with Gasteiger partial charge >= 0.3 is 0 Å². The van der Waals surface area contributed by atoms with Crippen LogP contribution in [0.5, 0.6) is 0 Å². The summed E-state index contributed by atoms with van der Waals surface area (Å²) in [4.78, 5) is 2.41. The molecule has 1 heterocycles. The molecule has 0 aliphatic carbocycles. The Kier molecular flexibility index (Phi) is 3.72. The van der Waals surface area contributed by atoms with Crippen LogP contribution in [0.25, 0.3) is 0 Å². The van der Waals surface area contributed by atoms with Gasteiger partial charge in [-0.1, -0.05) is 24.6 Å². The average molecular weight is 232 g/mol. The first-order valence-corrected chi connectivity index (χ1v) is 6.57. The second-order valence-corrected chi connectivity index (χ2v) is 5.57. The van der Waals surface area contributed by atoms with Gasteiger partial charge in [-0.2, -0.15) is 0 Å². The van der Waals surface area contributed by atoms with Crippen LogP contribution >= 0.6 is 0 Å². The molecule has 1 N–H and O–H groups in total. The van der Waals surface area contributed by atoms with Gasteiger partial charge in [0.25, 0.3) is 0 Å². The summed E-state index contributed by atoms with van der Waals surface area (Å²) in [6, 6.07) is 6.72. The largest absolute Gasteiger partial charge is 0.374 e. The Bertz CT molecular complexity index is 387. The van der Waals surface area contributed by atoms with Crippen molar-refractivity contribution in [3.63, 3.8) is 0 Å². The summed E-state index contributed by atoms with van der Waals surface area (Å²) >= 11 is 0. The molecule has 2 heteroatoms. The van der Waals surface area contributed by atoms with Gasteiger partial charge in [0.15, 0.2) is 0 Å². The molecule has 2 nitrogen and oxygen atoms in total. The predicted octanol–water partition coefficient (Wildman–Crippen LogP) is 2.60. The Balaban J connectivity index is 2.06. The van der Waals surface area contributed by atoms with Gasteiger partial charge in [-0.3, -0.25) is 0 Å². The Labute approximate surface area is 105 Å². The minimum atomic E-state index is 0.778. The maximum atomic E-state index is 3.48. The van der Waals surface area contributed by atoms with Gasteiger partial charge in [0.05, 0.1) is 0 Å². The van der Waals surface area contributed by atoms with Crippen LogP contribution in [0, 0.1) is 25.7 Å². The minimum Gasteiger partial charge on any atom is -0.374 e. The molecular formula is C15H24N2. The number of rotatable bonds is 3. The van der Waals surface area contributed by atoms with Crippen LogP contribution < -0.4 is 10.2 Å². The maximum absolute atomic E-state index is 3.48. The molecule has 2 rings (SSSR count). The van der Waals surface area contributed by atoms with E-state index in [1.54, 1.807) is 0 Å². The molecule has 2 unspecified atom stereocenters. The molecule has 17 heavy (non-hydrogen) atoms. The summed E-state index contributed by atoms with van der Waals surface area (Å²) in [6.45, 7) is 10.2. The lowest BCUT2D eigenvalue weighted by atomic mass is 9.97. The Morgan fingerprint density at radius 1 is 1.29 bits per heavy atom. The van der Waals surface area contributed by atoms with Crippen molar-refractivity contribution in [1.29, 1.82) is 0 Å². The topological polar surface area (TPSA) is 15.3 Å². The molecule has 94 valence electrons. The normalized spacial score (nSPS) is 24.0. The molecule has 0 aromatic heterocycles. The van der Waals surface area contributed by atoms with Gasteiger partial charge in [0.2, 0.25) is 0 Å². The van der Waals surface area contributed by atoms with E-state index in [2.05, 4.69) is 56.2 Å². The van der Waals surface area contributed by atoms with E-state index in [-0.39, 0.29) is 0 Å². The Morgan fingerprint density at radius 3 is 2.65 bits per heavy atom. The predicted molar refractivity (Wildman–Crippen MR) is 74.7 cm³/mol. The van der Waals surface area contributed by atoms with E-state index in [1.807, 2.05) is 0 Å². The number of anilines is 1. The molecule has 0 spiro atoms. The fourth-order valence-electron chi connectivity index (χ4n) is 2.79. The van der Waals surface area contributed by atoms with E-state index in [0.29, 0.717) is 0 Å². The van der Waals surface area contributed by atoms with Gasteiger partial charge < -0.3 is 10.2 Å². The van der Waals surface area contributed by atoms with Crippen molar-refractivity contribution in [1.82, 2.24) is 5.32 Å². The smallest absolute Gasteiger partial charge is 0.0393 e. The second kappa shape index (κ2) is 5.09. The van der Waals surface area contributed by atoms with E-state index in [4.69, 9.17) is 0 Å². The lowest BCUT2D eigenvalue weighted by Gasteiger charge is -2.26. The molecule has 0 radical (unpaired) electrons. The molecule has 2 atom stereocenters. The zero-order valence-electron chi connectivity index (χ0n) is 11.5. The molecule has 1 aromatic rings. The third-order valence-corrected chi connectivity index (χ3v) is 3.95. The van der Waals surface area contributed by atoms with E-state index in [1.165, 1.54) is 23.4 Å². The van der Waals surface area contributed by atoms with Crippen LogP contribution in [0.15, 0.2) is 18.2 Å². The highest BCUT2D eigenvalue weighted by Crippen LogP contribution is 2.23. The summed E-state index contributed by atoms with van der Waals surface area (Å²) in [6.07, 6.45) is 0. The van der Waals surface area contributed by atoms with Crippen LogP contribution in [0.4, 0.5) is 5.69 Å². The van der Waals surface area contributed by atoms with Crippen LogP contribution in [0.1, 0.15) is 18.1 Å². The average Bonchev–Trinajstić information content (AvgIpc) is 2.64. The molecule has 1 fully saturated rings. The van der Waals surface area contributed by atoms with Crippen molar-refractivity contribution in [2.24, 2.45) is 11.8 Å². The van der Waals surface area contributed by atoms with E-state index in [9.17, 15) is 0 Å². The Morgan fingerprint density at radius 2 is 2.06 bits per heavy atom. The highest BCUT2D eigenvalue weighted by atomic mass is 15.1. The van der Waals surface area contributed by atoms with Crippen molar-refractivity contribution >= 4 is 5.69 Å². The third kappa shape index (κ3) is 2.81. The van der Waals surface area contributed by atoms with Crippen molar-refractivity contribution in [2.45, 2.75) is 20.8 Å². The van der Waals surface area contributed by atoms with Crippen LogP contribution in [0.2, 0.25) is 0 Å². The van der Waals surface area contributed by atoms with Crippen molar-refractivity contribution in [3.8, 4) is 0 Å². The number of nitrogens with one attached hydrogen (secondary N) is 1. The number of aryl methyl sites for hydroxylation is 2. The van der Waals surface area contributed by atoms with Gasteiger partial charge in [0, 0.05) is 19.3 Å². The number of hydrogen-bond donors (Lipinski definition) is 1. The zero-order chi connectivity index (χ0) is 12.4. The van der Waals surface area contributed by atoms with Crippen molar-refractivity contribution in [3.05, 3.63) is 29.3 Å². The fourth-order valence-corrected chi connectivity index (χ4v) is 2.79. The first-order chi connectivity index (χ1) is 8.08. The maximum Gasteiger partial charge on any atom is 0.0393 e. The van der Waals surface area contributed by atoms with Gasteiger partial charge in [0.1, 0.15) is 0 Å². The minimum absolute atomic E-state index is 0.778.